The van der Waals surface area contributed by atoms with E-state index in [1.165, 1.54) is 4.57 Å². The molecule has 0 fully saturated rings. The zero-order valence-electron chi connectivity index (χ0n) is 18.9. The van der Waals surface area contributed by atoms with Gasteiger partial charge in [-0.25, -0.2) is 9.48 Å². The van der Waals surface area contributed by atoms with E-state index in [1.54, 1.807) is 31.2 Å². The molecule has 0 amide bonds. The van der Waals surface area contributed by atoms with Crippen LogP contribution in [0.25, 0.3) is 11.4 Å². The number of aromatic nitrogens is 3. The summed E-state index contributed by atoms with van der Waals surface area (Å²) < 4.78 is 2.48. The molecule has 0 N–H and O–H groups in total. The topological polar surface area (TPSA) is 74.0 Å². The highest BCUT2D eigenvalue weighted by Crippen LogP contribution is 2.28. The fourth-order valence-electron chi connectivity index (χ4n) is 3.67. The average Bonchev–Trinajstić information content (AvgIpc) is 3.03. The van der Waals surface area contributed by atoms with Crippen LogP contribution in [0.5, 0.6) is 0 Å². The summed E-state index contributed by atoms with van der Waals surface area (Å²) in [6.07, 6.45) is 0.571. The quantitative estimate of drug-likeness (QED) is 0.475. The number of carbonyl (C=O) groups is 2. The molecule has 3 aromatic rings. The molecule has 0 radical (unpaired) electrons. The molecular formula is C25H28ClN3O3. The van der Waals surface area contributed by atoms with Crippen LogP contribution in [0.4, 0.5) is 0 Å². The standard InChI is InChI=1S/C25H28ClN3O3/c1-5-21(30)15-28-23(18-9-11-20(26)12-10-18)27-29(24(28)32)16-22(31)14-25(3,4)19-8-6-7-17(2)13-19/h6-13H,5,14-16H2,1-4H3. The highest BCUT2D eigenvalue weighted by molar-refractivity contribution is 6.30. The van der Waals surface area contributed by atoms with Crippen molar-refractivity contribution in [1.29, 1.82) is 0 Å². The van der Waals surface area contributed by atoms with Crippen LogP contribution < -0.4 is 5.69 Å². The lowest BCUT2D eigenvalue weighted by Crippen LogP contribution is -2.31. The first kappa shape index (κ1) is 23.7. The Bertz CT molecular complexity index is 1190. The lowest BCUT2D eigenvalue weighted by atomic mass is 9.79. The van der Waals surface area contributed by atoms with Crippen molar-refractivity contribution in [3.63, 3.8) is 0 Å². The Labute approximate surface area is 192 Å². The molecule has 1 heterocycles. The molecule has 6 nitrogen and oxygen atoms in total. The molecule has 7 heteroatoms. The van der Waals surface area contributed by atoms with Crippen molar-refractivity contribution in [2.45, 2.75) is 59.0 Å². The summed E-state index contributed by atoms with van der Waals surface area (Å²) in [6, 6.07) is 15.0. The smallest absolute Gasteiger partial charge is 0.298 e. The van der Waals surface area contributed by atoms with Crippen molar-refractivity contribution in [3.05, 3.63) is 75.2 Å². The second kappa shape index (κ2) is 9.65. The molecule has 0 aliphatic rings. The van der Waals surface area contributed by atoms with E-state index in [-0.39, 0.29) is 36.5 Å². The van der Waals surface area contributed by atoms with Crippen molar-refractivity contribution >= 4 is 23.2 Å². The maximum absolute atomic E-state index is 13.0. The lowest BCUT2D eigenvalue weighted by Gasteiger charge is -2.24. The van der Waals surface area contributed by atoms with Gasteiger partial charge >= 0.3 is 5.69 Å². The van der Waals surface area contributed by atoms with Crippen LogP contribution in [0.3, 0.4) is 0 Å². The lowest BCUT2D eigenvalue weighted by molar-refractivity contribution is -0.121. The van der Waals surface area contributed by atoms with Crippen LogP contribution in [-0.4, -0.2) is 25.9 Å². The van der Waals surface area contributed by atoms with E-state index in [4.69, 9.17) is 11.6 Å². The van der Waals surface area contributed by atoms with Crippen LogP contribution in [0.1, 0.15) is 44.7 Å². The van der Waals surface area contributed by atoms with Gasteiger partial charge in [0.05, 0.1) is 6.54 Å². The van der Waals surface area contributed by atoms with Crippen molar-refractivity contribution in [3.8, 4) is 11.4 Å². The molecule has 0 unspecified atom stereocenters. The fraction of sp³-hybridized carbons (Fsp3) is 0.360. The summed E-state index contributed by atoms with van der Waals surface area (Å²) in [4.78, 5) is 38.0. The first-order valence-corrected chi connectivity index (χ1v) is 11.0. The van der Waals surface area contributed by atoms with Crippen LogP contribution >= 0.6 is 11.6 Å². The maximum Gasteiger partial charge on any atom is 0.347 e. The third-order valence-electron chi connectivity index (χ3n) is 5.52. The van der Waals surface area contributed by atoms with Crippen molar-refractivity contribution in [2.75, 3.05) is 0 Å². The minimum Gasteiger partial charge on any atom is -0.298 e. The average molecular weight is 454 g/mol. The second-order valence-electron chi connectivity index (χ2n) is 8.72. The number of benzene rings is 2. The van der Waals surface area contributed by atoms with Crippen molar-refractivity contribution in [1.82, 2.24) is 14.3 Å². The SMILES string of the molecule is CCC(=O)Cn1c(-c2ccc(Cl)cc2)nn(CC(=O)CC(C)(C)c2cccc(C)c2)c1=O. The first-order valence-electron chi connectivity index (χ1n) is 10.6. The molecule has 168 valence electrons. The van der Waals surface area contributed by atoms with E-state index in [0.29, 0.717) is 22.8 Å². The van der Waals surface area contributed by atoms with E-state index >= 15 is 0 Å². The number of nitrogens with zero attached hydrogens (tertiary/aromatic N) is 3. The third kappa shape index (κ3) is 5.43. The molecule has 3 rings (SSSR count). The second-order valence-corrected chi connectivity index (χ2v) is 9.15. The van der Waals surface area contributed by atoms with Crippen LogP contribution in [0, 0.1) is 6.92 Å². The molecule has 0 atom stereocenters. The highest BCUT2D eigenvalue weighted by Gasteiger charge is 2.26. The van der Waals surface area contributed by atoms with Gasteiger partial charge < -0.3 is 0 Å². The van der Waals surface area contributed by atoms with Gasteiger partial charge in [-0.15, -0.1) is 5.10 Å². The van der Waals surface area contributed by atoms with Gasteiger partial charge in [-0.3, -0.25) is 14.2 Å². The van der Waals surface area contributed by atoms with Gasteiger partial charge in [-0.2, -0.15) is 0 Å². The monoisotopic (exact) mass is 453 g/mol. The maximum atomic E-state index is 13.0. The van der Waals surface area contributed by atoms with Crippen LogP contribution in [-0.2, 0) is 28.1 Å². The molecule has 0 aliphatic heterocycles. The molecule has 0 saturated heterocycles. The zero-order chi connectivity index (χ0) is 23.5. The number of aryl methyl sites for hydroxylation is 1. The summed E-state index contributed by atoms with van der Waals surface area (Å²) in [5, 5.41) is 4.96. The van der Waals surface area contributed by atoms with Crippen molar-refractivity contribution in [2.24, 2.45) is 0 Å². The third-order valence-corrected chi connectivity index (χ3v) is 5.77. The molecule has 0 bridgehead atoms. The fourth-order valence-corrected chi connectivity index (χ4v) is 3.80. The zero-order valence-corrected chi connectivity index (χ0v) is 19.6. The summed E-state index contributed by atoms with van der Waals surface area (Å²) >= 11 is 5.98. The number of hydrogen-bond acceptors (Lipinski definition) is 4. The Morgan fingerprint density at radius 1 is 1.03 bits per heavy atom. The Morgan fingerprint density at radius 2 is 1.72 bits per heavy atom. The van der Waals surface area contributed by atoms with Gasteiger partial charge in [0.2, 0.25) is 0 Å². The van der Waals surface area contributed by atoms with Gasteiger partial charge in [0, 0.05) is 23.4 Å². The van der Waals surface area contributed by atoms with Gasteiger partial charge in [-0.05, 0) is 42.2 Å². The predicted molar refractivity (Wildman–Crippen MR) is 126 cm³/mol. The van der Waals surface area contributed by atoms with E-state index < -0.39 is 5.69 Å². The minimum absolute atomic E-state index is 0.0870. The summed E-state index contributed by atoms with van der Waals surface area (Å²) in [5.41, 5.74) is 2.00. The summed E-state index contributed by atoms with van der Waals surface area (Å²) in [6.45, 7) is 7.55. The molecule has 0 saturated carbocycles. The highest BCUT2D eigenvalue weighted by atomic mass is 35.5. The van der Waals surface area contributed by atoms with Gasteiger partial charge in [-0.1, -0.05) is 62.2 Å². The van der Waals surface area contributed by atoms with Gasteiger partial charge in [0.1, 0.15) is 6.54 Å². The van der Waals surface area contributed by atoms with E-state index in [2.05, 4.69) is 11.2 Å². The van der Waals surface area contributed by atoms with Gasteiger partial charge in [0.15, 0.2) is 17.4 Å². The number of ketones is 2. The molecular weight excluding hydrogens is 426 g/mol. The Morgan fingerprint density at radius 3 is 2.34 bits per heavy atom. The molecule has 32 heavy (non-hydrogen) atoms. The normalized spacial score (nSPS) is 11.5. The predicted octanol–water partition coefficient (Wildman–Crippen LogP) is 4.59. The Hall–Kier alpha value is -2.99. The summed E-state index contributed by atoms with van der Waals surface area (Å²) in [7, 11) is 0. The van der Waals surface area contributed by atoms with Gasteiger partial charge in [0.25, 0.3) is 0 Å². The number of rotatable bonds is 9. The minimum atomic E-state index is -0.474. The number of Topliss-reactive ketones (excluding diaryl/α,β-unsaturated/α-hetero) is 2. The number of hydrogen-bond donors (Lipinski definition) is 0. The van der Waals surface area contributed by atoms with Crippen LogP contribution in [0.2, 0.25) is 5.02 Å². The summed E-state index contributed by atoms with van der Waals surface area (Å²) in [5.74, 6) is 0.153. The van der Waals surface area contributed by atoms with E-state index in [9.17, 15) is 14.4 Å². The van der Waals surface area contributed by atoms with Crippen molar-refractivity contribution < 1.29 is 9.59 Å². The van der Waals surface area contributed by atoms with Crippen LogP contribution in [0.15, 0.2) is 53.3 Å². The Balaban J connectivity index is 1.89. The molecule has 2 aromatic carbocycles. The first-order chi connectivity index (χ1) is 15.1. The molecule has 0 spiro atoms. The molecule has 0 aliphatic carbocycles. The number of halogens is 1. The molecule has 1 aromatic heterocycles. The van der Waals surface area contributed by atoms with E-state index in [0.717, 1.165) is 15.8 Å². The number of carbonyl (C=O) groups excluding carboxylic acids is 2. The van der Waals surface area contributed by atoms with E-state index in [1.807, 2.05) is 39.0 Å². The largest absolute Gasteiger partial charge is 0.347 e. The Kier molecular flexibility index (Phi) is 7.14.